The minimum absolute atomic E-state index is 0.0379. The molecule has 0 spiro atoms. The number of hydrogen-bond donors (Lipinski definition) is 1. The number of rotatable bonds is 8. The minimum atomic E-state index is -0.113. The smallest absolute Gasteiger partial charge is 0.220 e. The second-order valence-electron chi connectivity index (χ2n) is 5.58. The van der Waals surface area contributed by atoms with E-state index in [1.54, 1.807) is 24.3 Å². The Morgan fingerprint density at radius 2 is 1.71 bits per heavy atom. The number of carbonyl (C=O) groups is 2. The number of Topliss-reactive ketones (excluding diaryl/α,β-unsaturated/α-hetero) is 1. The molecule has 4 heteroatoms. The lowest BCUT2D eigenvalue weighted by Crippen LogP contribution is -2.23. The van der Waals surface area contributed by atoms with Crippen molar-refractivity contribution in [3.8, 4) is 5.75 Å². The number of benzene rings is 2. The molecule has 126 valence electrons. The molecular weight excluding hydrogens is 302 g/mol. The number of ether oxygens (including phenoxy) is 1. The van der Waals surface area contributed by atoms with Crippen molar-refractivity contribution in [1.29, 1.82) is 0 Å². The monoisotopic (exact) mass is 325 g/mol. The van der Waals surface area contributed by atoms with E-state index in [1.807, 2.05) is 38.1 Å². The Balaban J connectivity index is 1.78. The molecule has 1 N–H and O–H groups in total. The second kappa shape index (κ2) is 8.87. The molecule has 2 aromatic rings. The molecule has 0 fully saturated rings. The number of nitrogens with one attached hydrogen (secondary N) is 1. The average Bonchev–Trinajstić information content (AvgIpc) is 2.60. The molecule has 24 heavy (non-hydrogen) atoms. The molecule has 4 nitrogen and oxygen atoms in total. The van der Waals surface area contributed by atoms with Gasteiger partial charge in [0.05, 0.1) is 6.61 Å². The van der Waals surface area contributed by atoms with Crippen LogP contribution in [0.1, 0.15) is 41.3 Å². The lowest BCUT2D eigenvalue weighted by Gasteiger charge is -2.08. The zero-order valence-corrected chi connectivity index (χ0v) is 14.2. The van der Waals surface area contributed by atoms with Crippen molar-refractivity contribution in [3.05, 3.63) is 65.2 Å². The van der Waals surface area contributed by atoms with Crippen molar-refractivity contribution >= 4 is 11.7 Å². The first-order chi connectivity index (χ1) is 11.6. The normalized spacial score (nSPS) is 10.2. The third-order valence-corrected chi connectivity index (χ3v) is 3.80. The fourth-order valence-corrected chi connectivity index (χ4v) is 2.37. The first-order valence-corrected chi connectivity index (χ1v) is 8.17. The van der Waals surface area contributed by atoms with Crippen molar-refractivity contribution in [3.63, 3.8) is 0 Å². The predicted octanol–water partition coefficient (Wildman–Crippen LogP) is 3.67. The van der Waals surface area contributed by atoms with Gasteiger partial charge in [-0.05, 0) is 49.2 Å². The van der Waals surface area contributed by atoms with Gasteiger partial charge in [0.2, 0.25) is 5.91 Å². The number of carbonyl (C=O) groups excluding carboxylic acids is 2. The lowest BCUT2D eigenvalue weighted by atomic mass is 10.1. The fourth-order valence-electron chi connectivity index (χ4n) is 2.37. The summed E-state index contributed by atoms with van der Waals surface area (Å²) in [5.41, 5.74) is 2.83. The van der Waals surface area contributed by atoms with Gasteiger partial charge in [0.25, 0.3) is 0 Å². The third-order valence-electron chi connectivity index (χ3n) is 3.80. The maximum absolute atomic E-state index is 12.1. The van der Waals surface area contributed by atoms with Crippen molar-refractivity contribution < 1.29 is 14.3 Å². The van der Waals surface area contributed by atoms with Gasteiger partial charge in [-0.25, -0.2) is 0 Å². The van der Waals surface area contributed by atoms with Crippen molar-refractivity contribution in [2.24, 2.45) is 0 Å². The lowest BCUT2D eigenvalue weighted by molar-refractivity contribution is -0.121. The van der Waals surface area contributed by atoms with Crippen LogP contribution in [0.25, 0.3) is 0 Å². The summed E-state index contributed by atoms with van der Waals surface area (Å²) in [5, 5.41) is 2.86. The van der Waals surface area contributed by atoms with E-state index in [4.69, 9.17) is 4.74 Å². The molecule has 0 heterocycles. The Hall–Kier alpha value is -2.62. The van der Waals surface area contributed by atoms with Crippen LogP contribution in [-0.2, 0) is 11.3 Å². The molecule has 0 saturated heterocycles. The topological polar surface area (TPSA) is 55.4 Å². The molecule has 0 saturated carbocycles. The fraction of sp³-hybridized carbons (Fsp3) is 0.300. The third kappa shape index (κ3) is 5.23. The number of ketones is 1. The van der Waals surface area contributed by atoms with Gasteiger partial charge in [0.1, 0.15) is 5.75 Å². The zero-order valence-electron chi connectivity index (χ0n) is 14.2. The number of amides is 1. The summed E-state index contributed by atoms with van der Waals surface area (Å²) in [5.74, 6) is 0.589. The summed E-state index contributed by atoms with van der Waals surface area (Å²) in [4.78, 5) is 24.0. The largest absolute Gasteiger partial charge is 0.494 e. The van der Waals surface area contributed by atoms with Gasteiger partial charge >= 0.3 is 0 Å². The zero-order chi connectivity index (χ0) is 17.4. The van der Waals surface area contributed by atoms with E-state index in [0.717, 1.165) is 16.9 Å². The highest BCUT2D eigenvalue weighted by atomic mass is 16.5. The van der Waals surface area contributed by atoms with Crippen LogP contribution in [0, 0.1) is 6.92 Å². The molecular formula is C20H23NO3. The standard InChI is InChI=1S/C20H23NO3/c1-3-24-18-10-8-16(9-11-18)19(22)12-13-20(23)21-14-17-7-5-4-6-15(17)2/h4-11H,3,12-14H2,1-2H3,(H,21,23). The molecule has 0 aromatic heterocycles. The Bertz CT molecular complexity index is 692. The van der Waals surface area contributed by atoms with E-state index in [0.29, 0.717) is 18.7 Å². The van der Waals surface area contributed by atoms with Gasteiger partial charge in [-0.1, -0.05) is 24.3 Å². The summed E-state index contributed by atoms with van der Waals surface area (Å²) in [6.07, 6.45) is 0.394. The summed E-state index contributed by atoms with van der Waals surface area (Å²) in [6.45, 7) is 5.00. The van der Waals surface area contributed by atoms with E-state index in [9.17, 15) is 9.59 Å². The van der Waals surface area contributed by atoms with E-state index < -0.39 is 0 Å². The first-order valence-electron chi connectivity index (χ1n) is 8.17. The Kier molecular flexibility index (Phi) is 6.55. The van der Waals surface area contributed by atoms with Crippen molar-refractivity contribution in [2.75, 3.05) is 6.61 Å². The molecule has 0 unspecified atom stereocenters. The van der Waals surface area contributed by atoms with Crippen molar-refractivity contribution in [2.45, 2.75) is 33.2 Å². The summed E-state index contributed by atoms with van der Waals surface area (Å²) >= 11 is 0. The predicted molar refractivity (Wildman–Crippen MR) is 94.2 cm³/mol. The highest BCUT2D eigenvalue weighted by Crippen LogP contribution is 2.14. The van der Waals surface area contributed by atoms with Crippen LogP contribution >= 0.6 is 0 Å². The highest BCUT2D eigenvalue weighted by molar-refractivity contribution is 5.98. The number of hydrogen-bond acceptors (Lipinski definition) is 3. The van der Waals surface area contributed by atoms with E-state index >= 15 is 0 Å². The molecule has 2 aromatic carbocycles. The van der Waals surface area contributed by atoms with E-state index in [2.05, 4.69) is 5.32 Å². The Morgan fingerprint density at radius 3 is 2.38 bits per heavy atom. The van der Waals surface area contributed by atoms with Crippen molar-refractivity contribution in [1.82, 2.24) is 5.32 Å². The summed E-state index contributed by atoms with van der Waals surface area (Å²) in [6, 6.07) is 14.9. The molecule has 0 aliphatic carbocycles. The highest BCUT2D eigenvalue weighted by Gasteiger charge is 2.10. The SMILES string of the molecule is CCOc1ccc(C(=O)CCC(=O)NCc2ccccc2C)cc1. The minimum Gasteiger partial charge on any atom is -0.494 e. The number of aryl methyl sites for hydroxylation is 1. The van der Waals surface area contributed by atoms with Crippen LogP contribution in [0.3, 0.4) is 0 Å². The maximum atomic E-state index is 12.1. The van der Waals surface area contributed by atoms with Crippen LogP contribution in [0.4, 0.5) is 0 Å². The molecule has 0 bridgehead atoms. The molecule has 1 amide bonds. The molecule has 0 atom stereocenters. The van der Waals surface area contributed by atoms with Crippen LogP contribution in [0.2, 0.25) is 0 Å². The van der Waals surface area contributed by atoms with Gasteiger partial charge in [-0.2, -0.15) is 0 Å². The summed E-state index contributed by atoms with van der Waals surface area (Å²) in [7, 11) is 0. The summed E-state index contributed by atoms with van der Waals surface area (Å²) < 4.78 is 5.35. The van der Waals surface area contributed by atoms with Gasteiger partial charge < -0.3 is 10.1 Å². The van der Waals surface area contributed by atoms with Crippen LogP contribution in [0.5, 0.6) is 5.75 Å². The molecule has 2 rings (SSSR count). The Labute approximate surface area is 142 Å². The van der Waals surface area contributed by atoms with E-state index in [-0.39, 0.29) is 24.5 Å². The van der Waals surface area contributed by atoms with Gasteiger partial charge in [0, 0.05) is 24.9 Å². The van der Waals surface area contributed by atoms with Crippen LogP contribution in [0.15, 0.2) is 48.5 Å². The van der Waals surface area contributed by atoms with Gasteiger partial charge in [-0.3, -0.25) is 9.59 Å². The van der Waals surface area contributed by atoms with Gasteiger partial charge in [0.15, 0.2) is 5.78 Å². The average molecular weight is 325 g/mol. The quantitative estimate of drug-likeness (QED) is 0.753. The first kappa shape index (κ1) is 17.7. The maximum Gasteiger partial charge on any atom is 0.220 e. The van der Waals surface area contributed by atoms with E-state index in [1.165, 1.54) is 0 Å². The molecule has 0 radical (unpaired) electrons. The second-order valence-corrected chi connectivity index (χ2v) is 5.58. The van der Waals surface area contributed by atoms with Crippen LogP contribution < -0.4 is 10.1 Å². The van der Waals surface area contributed by atoms with Crippen LogP contribution in [-0.4, -0.2) is 18.3 Å². The molecule has 0 aliphatic heterocycles. The molecule has 0 aliphatic rings. The van der Waals surface area contributed by atoms with Gasteiger partial charge in [-0.15, -0.1) is 0 Å². The Morgan fingerprint density at radius 1 is 1.00 bits per heavy atom.